The van der Waals surface area contributed by atoms with Crippen LogP contribution in [0.1, 0.15) is 251 Å². The Balaban J connectivity index is 1.15. The maximum atomic E-state index is 15.2. The second-order valence-electron chi connectivity index (χ2n) is 22.4. The summed E-state index contributed by atoms with van der Waals surface area (Å²) in [5.74, 6) is 0.0721. The van der Waals surface area contributed by atoms with Gasteiger partial charge in [-0.15, -0.1) is 0 Å². The summed E-state index contributed by atoms with van der Waals surface area (Å²) in [5.41, 5.74) is 3.24. The molecule has 3 aromatic carbocycles. The van der Waals surface area contributed by atoms with Gasteiger partial charge in [-0.3, -0.25) is 14.6 Å². The number of rotatable bonds is 45. The SMILES string of the molecule is CCCCCCCCCCCCCCCCCCN(CCCCCCCCCCCCCCCCCC)C(=O)C(Cc1c2ccccc2cc2ccccc12)NC(=O)CCCCC[n+]1ccc(-c2ccccn2)cc1. The van der Waals surface area contributed by atoms with E-state index < -0.39 is 6.04 Å². The molecule has 0 saturated carbocycles. The molecule has 1 N–H and O–H groups in total. The van der Waals surface area contributed by atoms with Crippen LogP contribution in [0.4, 0.5) is 0 Å². The minimum absolute atomic E-state index is 0.0185. The number of hydrogen-bond acceptors (Lipinski definition) is 3. The van der Waals surface area contributed by atoms with Gasteiger partial charge in [-0.2, -0.15) is 0 Å². The number of carbonyl (C=O) groups is 2. The van der Waals surface area contributed by atoms with Crippen LogP contribution in [0.25, 0.3) is 32.8 Å². The lowest BCUT2D eigenvalue weighted by Gasteiger charge is -2.29. The summed E-state index contributed by atoms with van der Waals surface area (Å²) >= 11 is 0. The average Bonchev–Trinajstić information content (AvgIpc) is 3.44. The van der Waals surface area contributed by atoms with Gasteiger partial charge in [0.2, 0.25) is 11.8 Å². The van der Waals surface area contributed by atoms with Crippen molar-refractivity contribution in [2.24, 2.45) is 0 Å². The van der Waals surface area contributed by atoms with E-state index in [1.165, 1.54) is 191 Å². The van der Waals surface area contributed by atoms with Gasteiger partial charge in [0, 0.05) is 56.2 Å². The first-order valence-corrected chi connectivity index (χ1v) is 31.5. The lowest BCUT2D eigenvalue weighted by Crippen LogP contribution is -2.50. The Kier molecular flexibility index (Phi) is 32.5. The molecule has 0 aliphatic carbocycles. The van der Waals surface area contributed by atoms with Crippen molar-refractivity contribution in [3.8, 4) is 11.3 Å². The second-order valence-corrected chi connectivity index (χ2v) is 22.4. The lowest BCUT2D eigenvalue weighted by molar-refractivity contribution is -0.697. The minimum Gasteiger partial charge on any atom is -0.344 e. The van der Waals surface area contributed by atoms with Crippen molar-refractivity contribution in [2.45, 2.75) is 264 Å². The summed E-state index contributed by atoms with van der Waals surface area (Å²) in [6.45, 7) is 7.02. The molecule has 5 rings (SSSR count). The van der Waals surface area contributed by atoms with Crippen LogP contribution in [0.15, 0.2) is 104 Å². The highest BCUT2D eigenvalue weighted by molar-refractivity contribution is 6.03. The molecule has 2 amide bonds. The first kappa shape index (κ1) is 61.3. The highest BCUT2D eigenvalue weighted by atomic mass is 16.2. The van der Waals surface area contributed by atoms with Gasteiger partial charge in [0.05, 0.1) is 5.69 Å². The Morgan fingerprint density at radius 1 is 0.480 bits per heavy atom. The van der Waals surface area contributed by atoms with Crippen LogP contribution >= 0.6 is 0 Å². The zero-order chi connectivity index (χ0) is 52.6. The molecule has 75 heavy (non-hydrogen) atoms. The van der Waals surface area contributed by atoms with E-state index in [0.29, 0.717) is 12.8 Å². The van der Waals surface area contributed by atoms with E-state index in [1.54, 1.807) is 0 Å². The number of fused-ring (bicyclic) bond motifs is 2. The summed E-state index contributed by atoms with van der Waals surface area (Å²) in [5, 5.41) is 8.05. The zero-order valence-corrected chi connectivity index (χ0v) is 47.8. The first-order chi connectivity index (χ1) is 37.1. The van der Waals surface area contributed by atoms with Crippen LogP contribution in [0.3, 0.4) is 0 Å². The number of hydrogen-bond donors (Lipinski definition) is 1. The minimum atomic E-state index is -0.623. The van der Waals surface area contributed by atoms with Crippen LogP contribution in [0, 0.1) is 0 Å². The lowest BCUT2D eigenvalue weighted by atomic mass is 9.92. The Bertz CT molecular complexity index is 2130. The molecule has 0 saturated heterocycles. The fourth-order valence-corrected chi connectivity index (χ4v) is 11.3. The molecule has 0 radical (unpaired) electrons. The van der Waals surface area contributed by atoms with Gasteiger partial charge >= 0.3 is 0 Å². The van der Waals surface area contributed by atoms with Crippen LogP contribution in [-0.4, -0.2) is 40.8 Å². The fraction of sp³-hybridized carbons (Fsp3) is 0.623. The van der Waals surface area contributed by atoms with Crippen LogP contribution in [-0.2, 0) is 22.6 Å². The zero-order valence-electron chi connectivity index (χ0n) is 47.8. The third-order valence-corrected chi connectivity index (χ3v) is 16.0. The number of nitrogens with zero attached hydrogens (tertiary/aromatic N) is 3. The van der Waals surface area contributed by atoms with E-state index in [0.717, 1.165) is 92.2 Å². The molecule has 1 unspecified atom stereocenters. The van der Waals surface area contributed by atoms with Crippen LogP contribution in [0.2, 0.25) is 0 Å². The third kappa shape index (κ3) is 25.4. The number of amides is 2. The molecular weight excluding hydrogens is 917 g/mol. The maximum absolute atomic E-state index is 15.2. The van der Waals surface area contributed by atoms with Gasteiger partial charge in [0.15, 0.2) is 12.4 Å². The molecule has 6 heteroatoms. The summed E-state index contributed by atoms with van der Waals surface area (Å²) in [7, 11) is 0. The maximum Gasteiger partial charge on any atom is 0.245 e. The number of benzene rings is 3. The molecule has 0 fully saturated rings. The molecule has 5 aromatic rings. The van der Waals surface area contributed by atoms with Crippen LogP contribution in [0.5, 0.6) is 0 Å². The highest BCUT2D eigenvalue weighted by Gasteiger charge is 2.27. The number of carbonyl (C=O) groups excluding carboxylic acids is 2. The molecule has 412 valence electrons. The van der Waals surface area contributed by atoms with Crippen LogP contribution < -0.4 is 9.88 Å². The Morgan fingerprint density at radius 2 is 0.893 bits per heavy atom. The van der Waals surface area contributed by atoms with Crippen molar-refractivity contribution in [1.29, 1.82) is 0 Å². The van der Waals surface area contributed by atoms with Gasteiger partial charge in [-0.1, -0.05) is 261 Å². The molecule has 2 aromatic heterocycles. The number of aromatic nitrogens is 2. The van der Waals surface area contributed by atoms with E-state index in [4.69, 9.17) is 0 Å². The number of nitrogens with one attached hydrogen (secondary N) is 1. The van der Waals surface area contributed by atoms with Crippen molar-refractivity contribution in [3.05, 3.63) is 109 Å². The third-order valence-electron chi connectivity index (χ3n) is 16.0. The van der Waals surface area contributed by atoms with Gasteiger partial charge in [0.25, 0.3) is 0 Å². The van der Waals surface area contributed by atoms with Gasteiger partial charge < -0.3 is 10.2 Å². The van der Waals surface area contributed by atoms with Crippen molar-refractivity contribution in [1.82, 2.24) is 15.2 Å². The summed E-state index contributed by atoms with van der Waals surface area (Å²) in [4.78, 5) is 35.9. The normalized spacial score (nSPS) is 11.9. The first-order valence-electron chi connectivity index (χ1n) is 31.5. The smallest absolute Gasteiger partial charge is 0.245 e. The number of pyridine rings is 2. The number of unbranched alkanes of at least 4 members (excludes halogenated alkanes) is 32. The predicted octanol–water partition coefficient (Wildman–Crippen LogP) is 19.0. The predicted molar refractivity (Wildman–Crippen MR) is 321 cm³/mol. The van der Waals surface area contributed by atoms with Crippen molar-refractivity contribution in [3.63, 3.8) is 0 Å². The molecule has 6 nitrogen and oxygen atoms in total. The van der Waals surface area contributed by atoms with Crippen molar-refractivity contribution < 1.29 is 14.2 Å². The summed E-state index contributed by atoms with van der Waals surface area (Å²) in [6.07, 6.45) is 52.4. The Morgan fingerprint density at radius 3 is 1.33 bits per heavy atom. The van der Waals surface area contributed by atoms with E-state index in [2.05, 4.69) is 113 Å². The standard InChI is InChI=1S/C69H104N4O2/c1-3-5-7-9-11-13-15-17-19-21-23-25-27-29-31-42-54-73(55-43-32-30-28-26-24-22-20-18-16-14-12-10-8-6-4-2)69(75)67(59-65-63-46-37-35-44-61(63)58-62-45-36-38-47-64(62)65)71-68(74)49-34-33-41-53-72-56-50-60(51-57-72)66-48-39-40-52-70-66/h35-40,44-48,50-52,56-58,67H,3-34,41-43,49,53-55,59H2,1-2H3/p+1. The van der Waals surface area contributed by atoms with E-state index in [9.17, 15) is 4.79 Å². The largest absolute Gasteiger partial charge is 0.344 e. The summed E-state index contributed by atoms with van der Waals surface area (Å²) in [6, 6.07) is 29.0. The monoisotopic (exact) mass is 1020 g/mol. The van der Waals surface area contributed by atoms with E-state index in [1.807, 2.05) is 24.4 Å². The molecular formula is C69H105N4O2+. The highest BCUT2D eigenvalue weighted by Crippen LogP contribution is 2.30. The molecule has 0 aliphatic heterocycles. The summed E-state index contributed by atoms with van der Waals surface area (Å²) < 4.78 is 2.21. The quantitative estimate of drug-likeness (QED) is 0.0240. The van der Waals surface area contributed by atoms with Gasteiger partial charge in [0.1, 0.15) is 12.6 Å². The average molecular weight is 1020 g/mol. The topological polar surface area (TPSA) is 66.2 Å². The van der Waals surface area contributed by atoms with Gasteiger partial charge in [-0.05, 0) is 71.0 Å². The second kappa shape index (κ2) is 39.7. The number of aryl methyl sites for hydroxylation is 1. The van der Waals surface area contributed by atoms with E-state index in [-0.39, 0.29) is 11.8 Å². The molecule has 0 spiro atoms. The Labute approximate surface area is 458 Å². The van der Waals surface area contributed by atoms with Gasteiger partial charge in [-0.25, -0.2) is 4.57 Å². The van der Waals surface area contributed by atoms with Crippen molar-refractivity contribution >= 4 is 33.4 Å². The fourth-order valence-electron chi connectivity index (χ4n) is 11.3. The Hall–Kier alpha value is -4.58. The molecule has 1 atom stereocenters. The molecule has 0 bridgehead atoms. The van der Waals surface area contributed by atoms with Crippen molar-refractivity contribution in [2.75, 3.05) is 13.1 Å². The molecule has 2 heterocycles. The van der Waals surface area contributed by atoms with E-state index >= 15 is 4.79 Å². The molecule has 0 aliphatic rings.